The second-order valence-corrected chi connectivity index (χ2v) is 122. The van der Waals surface area contributed by atoms with Crippen LogP contribution in [-0.2, 0) is 22.9 Å². The van der Waals surface area contributed by atoms with Crippen LogP contribution in [0.4, 0.5) is 0 Å². The van der Waals surface area contributed by atoms with Crippen molar-refractivity contribution in [3.63, 3.8) is 0 Å². The molecule has 1 fully saturated rings. The Kier molecular flexibility index (Phi) is 37.4. The van der Waals surface area contributed by atoms with Crippen LogP contribution in [0.3, 0.4) is 0 Å². The zero-order chi connectivity index (χ0) is 44.8. The molecule has 0 aromatic heterocycles. The summed E-state index contributed by atoms with van der Waals surface area (Å²) in [5.41, 5.74) is 1.27. The summed E-state index contributed by atoms with van der Waals surface area (Å²) in [6, 6.07) is 0. The van der Waals surface area contributed by atoms with Crippen LogP contribution in [-0.4, -0.2) is 30.2 Å². The molecule has 1 saturated carbocycles. The van der Waals surface area contributed by atoms with E-state index in [0.717, 1.165) is 24.8 Å². The molecule has 2 rings (SSSR count). The number of carbonyl (C=O) groups excluding carboxylic acids is 1. The van der Waals surface area contributed by atoms with Crippen molar-refractivity contribution in [3.8, 4) is 0 Å². The molecule has 2 aliphatic carbocycles. The Hall–Kier alpha value is 12.7. The highest BCUT2D eigenvalue weighted by atomic mass is 33.2. The van der Waals surface area contributed by atoms with Crippen LogP contribution in [0, 0.1) is 22.7 Å². The van der Waals surface area contributed by atoms with Gasteiger partial charge in [-0.1, -0.05) is 57.9 Å². The van der Waals surface area contributed by atoms with Gasteiger partial charge in [-0.2, -0.15) is 0 Å². The summed E-state index contributed by atoms with van der Waals surface area (Å²) in [5.74, 6) is -0.0664. The molecule has 30 unspecified atom stereocenters. The normalized spacial score (nSPS) is 28.1. The first-order valence-corrected chi connectivity index (χ1v) is 71.7. The van der Waals surface area contributed by atoms with E-state index < -0.39 is 69.0 Å². The Morgan fingerprint density at radius 2 is 1.33 bits per heavy atom. The van der Waals surface area contributed by atoms with Gasteiger partial charge in [0.15, 0.2) is 5.78 Å². The van der Waals surface area contributed by atoms with Gasteiger partial charge in [-0.25, -0.2) is 0 Å². The van der Waals surface area contributed by atoms with Gasteiger partial charge in [-0.3, -0.25) is 4.79 Å². The minimum absolute atomic E-state index is 0.0253. The van der Waals surface area contributed by atoms with Gasteiger partial charge in [0.25, 0.3) is 0 Å². The lowest BCUT2D eigenvalue weighted by Gasteiger charge is -2.55. The molecular formula is C21H66O5P32. The molecule has 37 heteroatoms. The number of carbonyl (C=O) groups is 1. The highest BCUT2D eigenvalue weighted by Gasteiger charge is 2.59. The minimum atomic E-state index is -0.925. The van der Waals surface area contributed by atoms with E-state index in [-0.39, 0.29) is 84.8 Å². The standard InChI is InChI=1S/C21H66O5P32/c1-11-7-8-16(26-46(49(29)30)50(31)32)21(6,19(22)13(3)24-47(51(33)34)57(45-28)53(37)38)17(11)18(23-44-27)14-9-15(12(2)10-20(14,4)5)25-48(56(43)52(35)36)58(54(39)40)55(41)42/h10,13-18,44-45H,1,7-9,27-43H2,2-6H3. The van der Waals surface area contributed by atoms with E-state index in [9.17, 15) is 0 Å². The number of hydrogen-bond acceptors (Lipinski definition) is 5. The lowest BCUT2D eigenvalue weighted by molar-refractivity contribution is -0.151. The van der Waals surface area contributed by atoms with E-state index in [1.807, 2.05) is 6.92 Å². The van der Waals surface area contributed by atoms with Crippen molar-refractivity contribution < 1.29 is 22.9 Å². The lowest BCUT2D eigenvalue weighted by Crippen LogP contribution is -2.59. The van der Waals surface area contributed by atoms with E-state index in [1.54, 1.807) is 0 Å². The SMILES string of the molecule is C=C1CCC(OP(P(P)P)P(P)P)C(C)(C(=O)C(C)OP(P(P)P)P(PP)P(P)P)C1C(OPP)C1CC(OP(P(P)P(P)P)P(P(P)P)P(P)P)C(C)=CC1(C)C. The summed E-state index contributed by atoms with van der Waals surface area (Å²) < 4.78 is 29.1. The fourth-order valence-corrected chi connectivity index (χ4v) is 203. The molecule has 58 heavy (non-hydrogen) atoms. The summed E-state index contributed by atoms with van der Waals surface area (Å²) in [5, 5.41) is 0. The van der Waals surface area contributed by atoms with Crippen LogP contribution in [0.1, 0.15) is 53.9 Å². The number of rotatable bonds is 23. The second-order valence-electron chi connectivity index (χ2n) is 13.9. The smallest absolute Gasteiger partial charge is 0.170 e. The Morgan fingerprint density at radius 3 is 1.76 bits per heavy atom. The third-order valence-electron chi connectivity index (χ3n) is 9.61. The van der Waals surface area contributed by atoms with Crippen LogP contribution in [0.15, 0.2) is 23.8 Å². The predicted molar refractivity (Wildman–Crippen MR) is 367 cm³/mol. The van der Waals surface area contributed by atoms with Crippen LogP contribution in [0.5, 0.6) is 0 Å². The average molecular weight is 1390 g/mol. The van der Waals surface area contributed by atoms with E-state index >= 15 is 4.79 Å². The summed E-state index contributed by atoms with van der Waals surface area (Å²) in [6.45, 7) is 12.0. The number of ketones is 1. The molecule has 0 bridgehead atoms. The van der Waals surface area contributed by atoms with E-state index in [4.69, 9.17) is 24.7 Å². The number of Topliss-reactive ketones (excluding diaryl/α,β-unsaturated/α-hetero) is 1. The van der Waals surface area contributed by atoms with E-state index in [2.05, 4.69) is 186 Å². The van der Waals surface area contributed by atoms with Crippen LogP contribution < -0.4 is 0 Å². The first kappa shape index (κ1) is 66.9. The summed E-state index contributed by atoms with van der Waals surface area (Å²) >= 11 is 0. The monoisotopic (exact) mass is 1390 g/mol. The van der Waals surface area contributed by atoms with E-state index in [1.165, 1.54) is 5.57 Å². The van der Waals surface area contributed by atoms with Crippen molar-refractivity contribution in [1.29, 1.82) is 0 Å². The molecule has 0 spiro atoms. The summed E-state index contributed by atoms with van der Waals surface area (Å²) in [7, 11) is 50.7. The quantitative estimate of drug-likeness (QED) is 0.0754. The lowest BCUT2D eigenvalue weighted by atomic mass is 9.54. The van der Waals surface area contributed by atoms with Gasteiger partial charge in [0, 0.05) is 35.4 Å². The second kappa shape index (κ2) is 32.5. The first-order valence-electron chi connectivity index (χ1n) is 16.8. The van der Waals surface area contributed by atoms with Crippen LogP contribution in [0.25, 0.3) is 0 Å². The maximum absolute atomic E-state index is 15.8. The van der Waals surface area contributed by atoms with Crippen molar-refractivity contribution in [3.05, 3.63) is 23.8 Å². The van der Waals surface area contributed by atoms with Crippen molar-refractivity contribution >= 4 is 266 Å². The largest absolute Gasteiger partial charge is 0.354 e. The molecule has 0 aromatic rings. The maximum atomic E-state index is 15.8. The van der Waals surface area contributed by atoms with Crippen molar-refractivity contribution in [2.45, 2.75) is 78.3 Å². The van der Waals surface area contributed by atoms with Gasteiger partial charge >= 0.3 is 0 Å². The molecule has 0 heterocycles. The molecule has 30 atom stereocenters. The van der Waals surface area contributed by atoms with Gasteiger partial charge in [0.1, 0.15) is 6.10 Å². The van der Waals surface area contributed by atoms with Gasteiger partial charge in [-0.05, 0) is 106 Å². The van der Waals surface area contributed by atoms with Crippen LogP contribution >= 0.6 is 261 Å². The van der Waals surface area contributed by atoms with Crippen molar-refractivity contribution in [1.82, 2.24) is 0 Å². The highest BCUT2D eigenvalue weighted by molar-refractivity contribution is 9.19. The number of allylic oxidation sites excluding steroid dienone is 1. The third-order valence-corrected chi connectivity index (χ3v) is 151. The maximum Gasteiger partial charge on any atom is 0.170 e. The Balaban J connectivity index is 2.86. The molecule has 5 nitrogen and oxygen atoms in total. The Morgan fingerprint density at radius 1 is 0.793 bits per heavy atom. The van der Waals surface area contributed by atoms with Gasteiger partial charge in [0.2, 0.25) is 0 Å². The fourth-order valence-electron chi connectivity index (χ4n) is 7.14. The predicted octanol–water partition coefficient (Wildman–Crippen LogP) is 21.9. The molecule has 340 valence electrons. The molecule has 0 saturated heterocycles. The minimum Gasteiger partial charge on any atom is -0.354 e. The summed E-state index contributed by atoms with van der Waals surface area (Å²) in [4.78, 5) is 15.8. The molecule has 0 radical (unpaired) electrons. The Labute approximate surface area is 410 Å². The van der Waals surface area contributed by atoms with Gasteiger partial charge < -0.3 is 18.1 Å². The zero-order valence-corrected chi connectivity index (χ0v) is 66.3. The molecular weight excluding hydrogens is 1320 g/mol. The molecule has 0 N–H and O–H groups in total. The molecule has 0 amide bonds. The number of hydrogen-bond donors (Lipinski definition) is 0. The molecule has 0 aliphatic heterocycles. The Bertz CT molecular complexity index is 1320. The van der Waals surface area contributed by atoms with Crippen molar-refractivity contribution in [2.24, 2.45) is 22.7 Å². The van der Waals surface area contributed by atoms with Gasteiger partial charge in [-0.15, -0.1) is 134 Å². The van der Waals surface area contributed by atoms with Gasteiger partial charge in [0.05, 0.1) is 46.3 Å². The fraction of sp³-hybridized carbons (Fsp3) is 0.762. The molecule has 2 aliphatic rings. The molecule has 0 aromatic carbocycles. The van der Waals surface area contributed by atoms with Crippen molar-refractivity contribution in [2.75, 3.05) is 0 Å². The topological polar surface area (TPSA) is 54.0 Å². The highest BCUT2D eigenvalue weighted by Crippen LogP contribution is 3.18. The zero-order valence-electron chi connectivity index (χ0n) is 33.0. The third kappa shape index (κ3) is 19.3. The average Bonchev–Trinajstić information content (AvgIpc) is 3.09. The summed E-state index contributed by atoms with van der Waals surface area (Å²) in [6.07, 6.45) is 3.66. The van der Waals surface area contributed by atoms with Crippen LogP contribution in [0.2, 0.25) is 0 Å². The first-order chi connectivity index (χ1) is 26.7. The van der Waals surface area contributed by atoms with E-state index in [0.29, 0.717) is 7.96 Å².